The summed E-state index contributed by atoms with van der Waals surface area (Å²) in [5.41, 5.74) is 2.06. The average Bonchev–Trinajstić information content (AvgIpc) is 2.45. The van der Waals surface area contributed by atoms with Crippen LogP contribution < -0.4 is 10.1 Å². The number of hydrogen-bond donors (Lipinski definition) is 2. The van der Waals surface area contributed by atoms with Gasteiger partial charge in [0.25, 0.3) is 5.91 Å². The zero-order valence-corrected chi connectivity index (χ0v) is 11.5. The Morgan fingerprint density at radius 3 is 2.70 bits per heavy atom. The number of amides is 1. The van der Waals surface area contributed by atoms with Gasteiger partial charge < -0.3 is 15.2 Å². The van der Waals surface area contributed by atoms with Crippen LogP contribution in [-0.2, 0) is 6.54 Å². The Hall–Kier alpha value is -2.49. The maximum atomic E-state index is 12.0. The highest BCUT2D eigenvalue weighted by molar-refractivity contribution is 5.96. The zero-order chi connectivity index (χ0) is 14.5. The minimum atomic E-state index is -0.312. The summed E-state index contributed by atoms with van der Waals surface area (Å²) in [7, 11) is 1.59. The van der Waals surface area contributed by atoms with Crippen molar-refractivity contribution in [3.8, 4) is 11.5 Å². The summed E-state index contributed by atoms with van der Waals surface area (Å²) in [5.74, 6) is 0.400. The quantitative estimate of drug-likeness (QED) is 0.898. The van der Waals surface area contributed by atoms with Crippen LogP contribution in [0.25, 0.3) is 0 Å². The first-order valence-electron chi connectivity index (χ1n) is 6.31. The average molecular weight is 271 g/mol. The fraction of sp³-hybridized carbons (Fsp3) is 0.188. The van der Waals surface area contributed by atoms with E-state index in [4.69, 9.17) is 4.74 Å². The molecule has 20 heavy (non-hydrogen) atoms. The maximum Gasteiger partial charge on any atom is 0.255 e. The number of benzene rings is 2. The molecule has 0 atom stereocenters. The van der Waals surface area contributed by atoms with Gasteiger partial charge in [-0.1, -0.05) is 24.3 Å². The van der Waals surface area contributed by atoms with E-state index in [1.54, 1.807) is 25.3 Å². The number of carbonyl (C=O) groups excluding carboxylic acids is 1. The number of rotatable bonds is 4. The van der Waals surface area contributed by atoms with Crippen LogP contribution in [0.2, 0.25) is 0 Å². The van der Waals surface area contributed by atoms with Gasteiger partial charge >= 0.3 is 0 Å². The molecule has 0 bridgehead atoms. The molecule has 2 N–H and O–H groups in total. The van der Waals surface area contributed by atoms with Crippen molar-refractivity contribution in [3.63, 3.8) is 0 Å². The van der Waals surface area contributed by atoms with Crippen molar-refractivity contribution in [2.45, 2.75) is 13.5 Å². The fourth-order valence-corrected chi connectivity index (χ4v) is 1.95. The van der Waals surface area contributed by atoms with Gasteiger partial charge in [0.2, 0.25) is 0 Å². The second-order valence-electron chi connectivity index (χ2n) is 4.52. The zero-order valence-electron chi connectivity index (χ0n) is 11.5. The summed E-state index contributed by atoms with van der Waals surface area (Å²) in [5, 5.41) is 12.5. The minimum absolute atomic E-state index is 0.0115. The van der Waals surface area contributed by atoms with Crippen LogP contribution in [0, 0.1) is 6.92 Å². The number of para-hydroxylation sites is 1. The van der Waals surface area contributed by atoms with Gasteiger partial charge in [0.05, 0.1) is 12.7 Å². The summed E-state index contributed by atoms with van der Waals surface area (Å²) >= 11 is 0. The number of carbonyl (C=O) groups is 1. The Morgan fingerprint density at radius 2 is 2.00 bits per heavy atom. The monoisotopic (exact) mass is 271 g/mol. The summed E-state index contributed by atoms with van der Waals surface area (Å²) in [4.78, 5) is 12.0. The van der Waals surface area contributed by atoms with E-state index in [0.717, 1.165) is 16.9 Å². The summed E-state index contributed by atoms with van der Waals surface area (Å²) in [6.45, 7) is 2.20. The SMILES string of the molecule is COc1ccccc1CNC(=O)c1ccc(C)cc1O. The topological polar surface area (TPSA) is 58.6 Å². The predicted molar refractivity (Wildman–Crippen MR) is 77.0 cm³/mol. The molecule has 0 saturated carbocycles. The molecule has 0 radical (unpaired) electrons. The highest BCUT2D eigenvalue weighted by Crippen LogP contribution is 2.20. The molecule has 0 heterocycles. The number of ether oxygens (including phenoxy) is 1. The second-order valence-corrected chi connectivity index (χ2v) is 4.52. The van der Waals surface area contributed by atoms with Crippen LogP contribution >= 0.6 is 0 Å². The Kier molecular flexibility index (Phi) is 4.25. The third-order valence-corrected chi connectivity index (χ3v) is 3.03. The van der Waals surface area contributed by atoms with E-state index < -0.39 is 0 Å². The van der Waals surface area contributed by atoms with Gasteiger partial charge in [-0.05, 0) is 30.7 Å². The third kappa shape index (κ3) is 3.09. The van der Waals surface area contributed by atoms with E-state index in [1.807, 2.05) is 31.2 Å². The first kappa shape index (κ1) is 13.9. The van der Waals surface area contributed by atoms with Crippen molar-refractivity contribution in [1.29, 1.82) is 0 Å². The normalized spacial score (nSPS) is 10.1. The highest BCUT2D eigenvalue weighted by atomic mass is 16.5. The molecule has 104 valence electrons. The molecule has 0 aliphatic carbocycles. The molecule has 2 aromatic carbocycles. The lowest BCUT2D eigenvalue weighted by Crippen LogP contribution is -2.23. The molecule has 2 rings (SSSR count). The van der Waals surface area contributed by atoms with Crippen molar-refractivity contribution >= 4 is 5.91 Å². The van der Waals surface area contributed by atoms with E-state index >= 15 is 0 Å². The Balaban J connectivity index is 2.09. The molecule has 2 aromatic rings. The van der Waals surface area contributed by atoms with Gasteiger partial charge in [-0.2, -0.15) is 0 Å². The number of phenolic OH excluding ortho intramolecular Hbond substituents is 1. The summed E-state index contributed by atoms with van der Waals surface area (Å²) < 4.78 is 5.22. The summed E-state index contributed by atoms with van der Waals surface area (Å²) in [6.07, 6.45) is 0. The van der Waals surface area contributed by atoms with Crippen molar-refractivity contribution in [2.75, 3.05) is 7.11 Å². The van der Waals surface area contributed by atoms with Crippen LogP contribution in [0.1, 0.15) is 21.5 Å². The lowest BCUT2D eigenvalue weighted by molar-refractivity contribution is 0.0948. The number of methoxy groups -OCH3 is 1. The van der Waals surface area contributed by atoms with Gasteiger partial charge in [0.15, 0.2) is 0 Å². The van der Waals surface area contributed by atoms with Crippen LogP contribution in [0.4, 0.5) is 0 Å². The van der Waals surface area contributed by atoms with Gasteiger partial charge in [-0.15, -0.1) is 0 Å². The first-order valence-corrected chi connectivity index (χ1v) is 6.31. The van der Waals surface area contributed by atoms with Crippen LogP contribution in [0.3, 0.4) is 0 Å². The van der Waals surface area contributed by atoms with Crippen LogP contribution in [0.15, 0.2) is 42.5 Å². The van der Waals surface area contributed by atoms with E-state index in [-0.39, 0.29) is 17.2 Å². The highest BCUT2D eigenvalue weighted by Gasteiger charge is 2.11. The molecule has 0 aromatic heterocycles. The Morgan fingerprint density at radius 1 is 1.25 bits per heavy atom. The molecule has 4 heteroatoms. The largest absolute Gasteiger partial charge is 0.507 e. The molecular formula is C16H17NO3. The number of phenols is 1. The van der Waals surface area contributed by atoms with Crippen LogP contribution in [-0.4, -0.2) is 18.1 Å². The van der Waals surface area contributed by atoms with Crippen LogP contribution in [0.5, 0.6) is 11.5 Å². The van der Waals surface area contributed by atoms with E-state index in [9.17, 15) is 9.90 Å². The molecule has 4 nitrogen and oxygen atoms in total. The molecule has 0 aliphatic heterocycles. The number of hydrogen-bond acceptors (Lipinski definition) is 3. The minimum Gasteiger partial charge on any atom is -0.507 e. The molecule has 0 saturated heterocycles. The van der Waals surface area contributed by atoms with Crippen molar-refractivity contribution < 1.29 is 14.6 Å². The van der Waals surface area contributed by atoms with Crippen molar-refractivity contribution in [1.82, 2.24) is 5.32 Å². The van der Waals surface area contributed by atoms with Gasteiger partial charge in [0, 0.05) is 12.1 Å². The van der Waals surface area contributed by atoms with E-state index in [1.165, 1.54) is 0 Å². The molecule has 0 spiro atoms. The van der Waals surface area contributed by atoms with Crippen molar-refractivity contribution in [2.24, 2.45) is 0 Å². The smallest absolute Gasteiger partial charge is 0.255 e. The number of nitrogens with one attached hydrogen (secondary N) is 1. The van der Waals surface area contributed by atoms with Gasteiger partial charge in [-0.25, -0.2) is 0 Å². The van der Waals surface area contributed by atoms with E-state index in [0.29, 0.717) is 6.54 Å². The molecule has 0 unspecified atom stereocenters. The standard InChI is InChI=1S/C16H17NO3/c1-11-7-8-13(14(18)9-11)16(19)17-10-12-5-3-4-6-15(12)20-2/h3-9,18H,10H2,1-2H3,(H,17,19). The third-order valence-electron chi connectivity index (χ3n) is 3.03. The molecule has 1 amide bonds. The van der Waals surface area contributed by atoms with Gasteiger partial charge in [-0.3, -0.25) is 4.79 Å². The molecular weight excluding hydrogens is 254 g/mol. The predicted octanol–water partition coefficient (Wildman–Crippen LogP) is 2.64. The second kappa shape index (κ2) is 6.10. The Bertz CT molecular complexity index is 623. The Labute approximate surface area is 118 Å². The molecule has 0 fully saturated rings. The number of aryl methyl sites for hydroxylation is 1. The lowest BCUT2D eigenvalue weighted by atomic mass is 10.1. The fourth-order valence-electron chi connectivity index (χ4n) is 1.95. The summed E-state index contributed by atoms with van der Waals surface area (Å²) in [6, 6.07) is 12.4. The number of aromatic hydroxyl groups is 1. The lowest BCUT2D eigenvalue weighted by Gasteiger charge is -2.10. The van der Waals surface area contributed by atoms with E-state index in [2.05, 4.69) is 5.32 Å². The first-order chi connectivity index (χ1) is 9.61. The molecule has 0 aliphatic rings. The van der Waals surface area contributed by atoms with Crippen molar-refractivity contribution in [3.05, 3.63) is 59.2 Å². The maximum absolute atomic E-state index is 12.0. The van der Waals surface area contributed by atoms with Gasteiger partial charge in [0.1, 0.15) is 11.5 Å².